The van der Waals surface area contributed by atoms with Crippen molar-refractivity contribution in [1.29, 1.82) is 0 Å². The van der Waals surface area contributed by atoms with Gasteiger partial charge in [0.05, 0.1) is 26.2 Å². The zero-order chi connectivity index (χ0) is 18.8. The van der Waals surface area contributed by atoms with E-state index in [9.17, 15) is 4.39 Å². The molecule has 3 aromatic rings. The Hall–Kier alpha value is -2.58. The lowest BCUT2D eigenvalue weighted by atomic mass is 10.2. The summed E-state index contributed by atoms with van der Waals surface area (Å²) in [6.45, 7) is 4.81. The molecule has 0 unspecified atom stereocenters. The van der Waals surface area contributed by atoms with Crippen LogP contribution >= 0.6 is 12.2 Å². The fourth-order valence-electron chi connectivity index (χ4n) is 3.48. The van der Waals surface area contributed by atoms with Crippen molar-refractivity contribution in [2.24, 2.45) is 7.05 Å². The van der Waals surface area contributed by atoms with Crippen LogP contribution in [0.15, 0.2) is 48.8 Å². The average Bonchev–Trinajstić information content (AvgIpc) is 2.98. The Kier molecular flexibility index (Phi) is 5.00. The second-order valence-electron chi connectivity index (χ2n) is 6.82. The summed E-state index contributed by atoms with van der Waals surface area (Å²) in [6.07, 6.45) is 3.91. The normalized spacial score (nSPS) is 15.3. The molecule has 3 heterocycles. The first kappa shape index (κ1) is 17.8. The Labute approximate surface area is 162 Å². The number of benzene rings is 1. The molecule has 2 aromatic heterocycles. The van der Waals surface area contributed by atoms with E-state index in [1.165, 1.54) is 22.7 Å². The van der Waals surface area contributed by atoms with Crippen molar-refractivity contribution in [2.75, 3.05) is 31.1 Å². The molecule has 1 fully saturated rings. The first-order chi connectivity index (χ1) is 13.1. The molecule has 0 aliphatic carbocycles. The summed E-state index contributed by atoms with van der Waals surface area (Å²) in [5.41, 5.74) is 2.12. The van der Waals surface area contributed by atoms with Crippen LogP contribution in [0.3, 0.4) is 0 Å². The summed E-state index contributed by atoms with van der Waals surface area (Å²) in [7, 11) is 1.91. The summed E-state index contributed by atoms with van der Waals surface area (Å²) in [4.78, 5) is 6.92. The predicted molar refractivity (Wildman–Crippen MR) is 103 cm³/mol. The molecule has 1 aliphatic rings. The zero-order valence-electron chi connectivity index (χ0n) is 15.2. The monoisotopic (exact) mass is 386 g/mol. The van der Waals surface area contributed by atoms with Crippen molar-refractivity contribution >= 4 is 17.9 Å². The standard InChI is InChI=1S/C19H21FN6S/c1-23-18(15-2-4-16(20)5-3-15)22-26(19(23)27)14-24-10-12-25(13-11-24)17-6-8-21-9-7-17/h2-9H,10-14H2,1H3/p+2. The molecule has 0 radical (unpaired) electrons. The summed E-state index contributed by atoms with van der Waals surface area (Å²) in [5.74, 6) is 0.511. The highest BCUT2D eigenvalue weighted by molar-refractivity contribution is 7.71. The highest BCUT2D eigenvalue weighted by Crippen LogP contribution is 2.17. The van der Waals surface area contributed by atoms with Crippen molar-refractivity contribution < 1.29 is 14.3 Å². The maximum absolute atomic E-state index is 13.2. The minimum absolute atomic E-state index is 0.252. The molecular formula is C19H23FN6S+2. The van der Waals surface area contributed by atoms with Crippen LogP contribution in [0.4, 0.5) is 10.1 Å². The third-order valence-electron chi connectivity index (χ3n) is 5.05. The van der Waals surface area contributed by atoms with E-state index in [2.05, 4.69) is 22.0 Å². The van der Waals surface area contributed by atoms with Gasteiger partial charge in [-0.25, -0.2) is 9.37 Å². The van der Waals surface area contributed by atoms with Crippen LogP contribution < -0.4 is 14.8 Å². The molecule has 1 aliphatic heterocycles. The number of aromatic nitrogens is 4. The highest BCUT2D eigenvalue weighted by atomic mass is 32.1. The maximum atomic E-state index is 13.2. The number of rotatable bonds is 4. The highest BCUT2D eigenvalue weighted by Gasteiger charge is 2.22. The van der Waals surface area contributed by atoms with Crippen LogP contribution in [0.1, 0.15) is 0 Å². The lowest BCUT2D eigenvalue weighted by molar-refractivity contribution is -0.924. The van der Waals surface area contributed by atoms with E-state index in [0.717, 1.165) is 44.2 Å². The lowest BCUT2D eigenvalue weighted by Crippen LogP contribution is -3.14. The fraction of sp³-hybridized carbons (Fsp3) is 0.316. The molecule has 27 heavy (non-hydrogen) atoms. The van der Waals surface area contributed by atoms with Crippen molar-refractivity contribution in [3.63, 3.8) is 0 Å². The molecule has 6 nitrogen and oxygen atoms in total. The van der Waals surface area contributed by atoms with Crippen LogP contribution in [0.25, 0.3) is 11.4 Å². The number of halogens is 1. The number of aromatic amines is 1. The number of hydrogen-bond donors (Lipinski definition) is 1. The Morgan fingerprint density at radius 3 is 2.44 bits per heavy atom. The number of pyridine rings is 1. The van der Waals surface area contributed by atoms with Crippen molar-refractivity contribution in [3.8, 4) is 11.4 Å². The van der Waals surface area contributed by atoms with E-state index in [1.807, 2.05) is 28.7 Å². The number of piperazine rings is 1. The molecule has 1 aromatic carbocycles. The van der Waals surface area contributed by atoms with E-state index in [1.54, 1.807) is 12.1 Å². The van der Waals surface area contributed by atoms with Gasteiger partial charge in [0.15, 0.2) is 24.9 Å². The van der Waals surface area contributed by atoms with E-state index in [0.29, 0.717) is 4.77 Å². The molecule has 0 atom stereocenters. The number of anilines is 1. The van der Waals surface area contributed by atoms with Gasteiger partial charge in [0, 0.05) is 30.4 Å². The number of quaternary nitrogens is 1. The van der Waals surface area contributed by atoms with E-state index in [-0.39, 0.29) is 5.82 Å². The topological polar surface area (TPSA) is 44.6 Å². The van der Waals surface area contributed by atoms with Gasteiger partial charge in [0.1, 0.15) is 5.82 Å². The molecule has 4 rings (SSSR count). The number of nitrogens with zero attached hydrogens (tertiary/aromatic N) is 4. The van der Waals surface area contributed by atoms with Crippen LogP contribution in [0, 0.1) is 10.6 Å². The Balaban J connectivity index is 1.45. The van der Waals surface area contributed by atoms with Crippen LogP contribution in [0.5, 0.6) is 0 Å². The molecule has 0 bridgehead atoms. The van der Waals surface area contributed by atoms with Crippen LogP contribution in [0.2, 0.25) is 0 Å². The number of hydrogen-bond acceptors (Lipinski definition) is 3. The number of H-pyrrole nitrogens is 1. The minimum Gasteiger partial charge on any atom is -0.360 e. The summed E-state index contributed by atoms with van der Waals surface area (Å²) in [6, 6.07) is 10.6. The second-order valence-corrected chi connectivity index (χ2v) is 7.19. The van der Waals surface area contributed by atoms with Gasteiger partial charge in [0.2, 0.25) is 4.77 Å². The van der Waals surface area contributed by atoms with E-state index < -0.39 is 0 Å². The SMILES string of the molecule is Cn1c(-c2ccc(F)cc2)nn(C[NH+]2CCN(c3cc[nH+]cc3)CC2)c1=S. The first-order valence-corrected chi connectivity index (χ1v) is 9.47. The Morgan fingerprint density at radius 2 is 1.78 bits per heavy atom. The van der Waals surface area contributed by atoms with E-state index >= 15 is 0 Å². The quantitative estimate of drug-likeness (QED) is 0.679. The van der Waals surface area contributed by atoms with Gasteiger partial charge in [-0.3, -0.25) is 0 Å². The predicted octanol–water partition coefficient (Wildman–Crippen LogP) is 0.934. The zero-order valence-corrected chi connectivity index (χ0v) is 16.0. The lowest BCUT2D eigenvalue weighted by Gasteiger charge is -2.33. The van der Waals surface area contributed by atoms with Crippen LogP contribution in [-0.2, 0) is 13.7 Å². The average molecular weight is 387 g/mol. The van der Waals surface area contributed by atoms with Crippen molar-refractivity contribution in [1.82, 2.24) is 14.3 Å². The molecule has 8 heteroatoms. The van der Waals surface area contributed by atoms with Gasteiger partial charge in [-0.05, 0) is 36.5 Å². The Bertz CT molecular complexity index is 958. The third kappa shape index (κ3) is 3.77. The molecule has 0 spiro atoms. The van der Waals surface area contributed by atoms with Crippen molar-refractivity contribution in [2.45, 2.75) is 6.67 Å². The fourth-order valence-corrected chi connectivity index (χ4v) is 3.67. The third-order valence-corrected chi connectivity index (χ3v) is 5.54. The summed E-state index contributed by atoms with van der Waals surface area (Å²) in [5, 5.41) is 4.69. The van der Waals surface area contributed by atoms with Gasteiger partial charge >= 0.3 is 0 Å². The van der Waals surface area contributed by atoms with Gasteiger partial charge in [0.25, 0.3) is 0 Å². The molecular weight excluding hydrogens is 363 g/mol. The van der Waals surface area contributed by atoms with Gasteiger partial charge in [-0.2, -0.15) is 4.68 Å². The second kappa shape index (κ2) is 7.58. The molecule has 0 amide bonds. The number of nitrogens with one attached hydrogen (secondary N) is 2. The largest absolute Gasteiger partial charge is 0.360 e. The van der Waals surface area contributed by atoms with Gasteiger partial charge in [-0.15, -0.1) is 5.10 Å². The Morgan fingerprint density at radius 1 is 1.11 bits per heavy atom. The molecule has 0 saturated carbocycles. The van der Waals surface area contributed by atoms with E-state index in [4.69, 9.17) is 17.3 Å². The van der Waals surface area contributed by atoms with Crippen molar-refractivity contribution in [3.05, 3.63) is 59.4 Å². The first-order valence-electron chi connectivity index (χ1n) is 9.06. The molecule has 1 saturated heterocycles. The maximum Gasteiger partial charge on any atom is 0.202 e. The van der Waals surface area contributed by atoms with Crippen LogP contribution in [-0.4, -0.2) is 40.5 Å². The van der Waals surface area contributed by atoms with Gasteiger partial charge in [-0.1, -0.05) is 0 Å². The summed E-state index contributed by atoms with van der Waals surface area (Å²) < 4.78 is 17.6. The van der Waals surface area contributed by atoms with Gasteiger partial charge < -0.3 is 14.4 Å². The molecule has 140 valence electrons. The smallest absolute Gasteiger partial charge is 0.202 e. The summed E-state index contributed by atoms with van der Waals surface area (Å²) >= 11 is 5.57. The molecule has 2 N–H and O–H groups in total. The minimum atomic E-state index is -0.252.